The third-order valence-electron chi connectivity index (χ3n) is 3.54. The van der Waals surface area contributed by atoms with Crippen molar-refractivity contribution in [3.05, 3.63) is 35.2 Å². The van der Waals surface area contributed by atoms with Crippen LogP contribution in [0, 0.1) is 5.92 Å². The number of benzene rings is 1. The van der Waals surface area contributed by atoms with Gasteiger partial charge in [0.05, 0.1) is 16.9 Å². The molecule has 0 saturated heterocycles. The van der Waals surface area contributed by atoms with Crippen LogP contribution in [0.1, 0.15) is 17.3 Å². The highest BCUT2D eigenvalue weighted by Crippen LogP contribution is 2.34. The smallest absolute Gasteiger partial charge is 0.257 e. The number of hydrogen-bond donors (Lipinski definition) is 3. The maximum absolute atomic E-state index is 12.0. The first-order valence-corrected chi connectivity index (χ1v) is 7.20. The molecule has 0 radical (unpaired) electrons. The number of Topliss-reactive ketones (excluding diaryl/α,β-unsaturated/α-hetero) is 1. The second kappa shape index (κ2) is 6.51. The number of carbonyl (C=O) groups is 3. The molecule has 1 amide bonds. The van der Waals surface area contributed by atoms with Gasteiger partial charge in [-0.25, -0.2) is 0 Å². The molecular weight excluding hydrogens is 298 g/mol. The first-order chi connectivity index (χ1) is 10.9. The molecule has 0 aromatic heterocycles. The van der Waals surface area contributed by atoms with Crippen molar-refractivity contribution in [2.24, 2.45) is 5.92 Å². The average Bonchev–Trinajstić information content (AvgIpc) is 2.53. The number of phenolic OH excluding ortho intramolecular Hbond substituents is 1. The molecule has 0 aliphatic heterocycles. The zero-order valence-electron chi connectivity index (χ0n) is 13.2. The highest BCUT2D eigenvalue weighted by atomic mass is 16.3. The molecule has 0 saturated carbocycles. The summed E-state index contributed by atoms with van der Waals surface area (Å²) in [7, 11) is 3.16. The Labute approximate surface area is 134 Å². The number of rotatable bonds is 6. The minimum absolute atomic E-state index is 0.129. The number of allylic oxidation sites excluding steroid dienone is 2. The number of para-hydroxylation sites is 1. The van der Waals surface area contributed by atoms with E-state index >= 15 is 0 Å². The highest BCUT2D eigenvalue weighted by molar-refractivity contribution is 6.16. The molecule has 1 aliphatic rings. The lowest BCUT2D eigenvalue weighted by Gasteiger charge is -2.29. The largest absolute Gasteiger partial charge is 0.505 e. The monoisotopic (exact) mass is 317 g/mol. The van der Waals surface area contributed by atoms with Gasteiger partial charge in [-0.3, -0.25) is 9.59 Å². The van der Waals surface area contributed by atoms with E-state index in [1.807, 2.05) is 6.92 Å². The Bertz CT molecular complexity index is 695. The standard InChI is InChI=1S/C16H19N3O4/c1-4-17-12-10(8-20)15(22)13(12)18-11-7-5-6-9(14(11)21)16(23)19(2)3/h5-8,10,17-18,21H,4H2,1-3H3. The van der Waals surface area contributed by atoms with Crippen LogP contribution < -0.4 is 10.6 Å². The Morgan fingerprint density at radius 1 is 1.39 bits per heavy atom. The first kappa shape index (κ1) is 16.5. The molecule has 7 nitrogen and oxygen atoms in total. The Balaban J connectivity index is 2.36. The van der Waals surface area contributed by atoms with E-state index in [0.29, 0.717) is 18.5 Å². The molecule has 122 valence electrons. The zero-order valence-corrected chi connectivity index (χ0v) is 13.2. The van der Waals surface area contributed by atoms with E-state index in [1.165, 1.54) is 11.0 Å². The first-order valence-electron chi connectivity index (χ1n) is 7.20. The quantitative estimate of drug-likeness (QED) is 0.406. The maximum atomic E-state index is 12.0. The highest BCUT2D eigenvalue weighted by Gasteiger charge is 2.39. The second-order valence-electron chi connectivity index (χ2n) is 5.32. The van der Waals surface area contributed by atoms with Gasteiger partial charge in [0.2, 0.25) is 0 Å². The minimum atomic E-state index is -0.800. The molecule has 1 unspecified atom stereocenters. The number of aldehydes is 1. The van der Waals surface area contributed by atoms with E-state index in [0.717, 1.165) is 0 Å². The van der Waals surface area contributed by atoms with Crippen LogP contribution in [0.15, 0.2) is 29.6 Å². The number of nitrogens with one attached hydrogen (secondary N) is 2. The molecule has 7 heteroatoms. The third-order valence-corrected chi connectivity index (χ3v) is 3.54. The predicted octanol–water partition coefficient (Wildman–Crippen LogP) is 0.725. The van der Waals surface area contributed by atoms with Gasteiger partial charge in [0.1, 0.15) is 17.9 Å². The number of hydrogen-bond acceptors (Lipinski definition) is 6. The van der Waals surface area contributed by atoms with Crippen LogP contribution in [0.5, 0.6) is 5.75 Å². The van der Waals surface area contributed by atoms with E-state index in [2.05, 4.69) is 10.6 Å². The number of aromatic hydroxyl groups is 1. The molecular formula is C16H19N3O4. The Hall–Kier alpha value is -2.83. The minimum Gasteiger partial charge on any atom is -0.505 e. The molecule has 0 fully saturated rings. The summed E-state index contributed by atoms with van der Waals surface area (Å²) in [4.78, 5) is 36.3. The third kappa shape index (κ3) is 2.90. The van der Waals surface area contributed by atoms with Gasteiger partial charge in [-0.2, -0.15) is 0 Å². The van der Waals surface area contributed by atoms with Crippen LogP contribution in [0.2, 0.25) is 0 Å². The van der Waals surface area contributed by atoms with Crippen LogP contribution in [-0.4, -0.2) is 48.6 Å². The summed E-state index contributed by atoms with van der Waals surface area (Å²) in [6, 6.07) is 4.66. The summed E-state index contributed by atoms with van der Waals surface area (Å²) < 4.78 is 0. The predicted molar refractivity (Wildman–Crippen MR) is 85.0 cm³/mol. The summed E-state index contributed by atoms with van der Waals surface area (Å²) >= 11 is 0. The number of ketones is 1. The number of carbonyl (C=O) groups excluding carboxylic acids is 3. The number of anilines is 1. The van der Waals surface area contributed by atoms with Gasteiger partial charge in [0.15, 0.2) is 11.5 Å². The van der Waals surface area contributed by atoms with Crippen LogP contribution in [0.3, 0.4) is 0 Å². The van der Waals surface area contributed by atoms with Crippen LogP contribution in [0.25, 0.3) is 0 Å². The Morgan fingerprint density at radius 3 is 2.65 bits per heavy atom. The number of phenols is 1. The lowest BCUT2D eigenvalue weighted by atomic mass is 9.85. The molecule has 2 rings (SSSR count). The van der Waals surface area contributed by atoms with Crippen molar-refractivity contribution in [2.75, 3.05) is 26.0 Å². The van der Waals surface area contributed by atoms with Crippen molar-refractivity contribution in [1.29, 1.82) is 0 Å². The fraction of sp³-hybridized carbons (Fsp3) is 0.312. The maximum Gasteiger partial charge on any atom is 0.257 e. The van der Waals surface area contributed by atoms with Crippen molar-refractivity contribution >= 4 is 23.7 Å². The zero-order chi connectivity index (χ0) is 17.1. The Morgan fingerprint density at radius 2 is 2.09 bits per heavy atom. The van der Waals surface area contributed by atoms with Gasteiger partial charge in [-0.15, -0.1) is 0 Å². The molecule has 1 aliphatic carbocycles. The summed E-state index contributed by atoms with van der Waals surface area (Å²) in [6.07, 6.45) is 0.581. The normalized spacial score (nSPS) is 16.7. The van der Waals surface area contributed by atoms with Crippen LogP contribution >= 0.6 is 0 Å². The fourth-order valence-corrected chi connectivity index (χ4v) is 2.34. The van der Waals surface area contributed by atoms with Gasteiger partial charge in [0, 0.05) is 20.6 Å². The van der Waals surface area contributed by atoms with E-state index < -0.39 is 5.92 Å². The van der Waals surface area contributed by atoms with Crippen molar-refractivity contribution in [1.82, 2.24) is 10.2 Å². The summed E-state index contributed by atoms with van der Waals surface area (Å²) in [6.45, 7) is 2.41. The average molecular weight is 317 g/mol. The molecule has 1 atom stereocenters. The van der Waals surface area contributed by atoms with Crippen molar-refractivity contribution in [3.63, 3.8) is 0 Å². The topological polar surface area (TPSA) is 98.7 Å². The number of nitrogens with zero attached hydrogens (tertiary/aromatic N) is 1. The van der Waals surface area contributed by atoms with Crippen LogP contribution in [-0.2, 0) is 9.59 Å². The van der Waals surface area contributed by atoms with Gasteiger partial charge < -0.3 is 25.4 Å². The van der Waals surface area contributed by atoms with E-state index in [-0.39, 0.29) is 34.4 Å². The molecule has 1 aromatic rings. The van der Waals surface area contributed by atoms with Crippen LogP contribution in [0.4, 0.5) is 5.69 Å². The molecule has 0 bridgehead atoms. The lowest BCUT2D eigenvalue weighted by Crippen LogP contribution is -2.42. The summed E-state index contributed by atoms with van der Waals surface area (Å²) in [5, 5.41) is 16.1. The summed E-state index contributed by atoms with van der Waals surface area (Å²) in [5.41, 5.74) is 1.09. The SMILES string of the molecule is CCNC1=C(Nc2cccc(C(=O)N(C)C)c2O)C(=O)C1C=O. The fourth-order valence-electron chi connectivity index (χ4n) is 2.34. The Kier molecular flexibility index (Phi) is 4.68. The molecule has 1 aromatic carbocycles. The molecule has 0 heterocycles. The van der Waals surface area contributed by atoms with E-state index in [9.17, 15) is 19.5 Å². The van der Waals surface area contributed by atoms with Gasteiger partial charge >= 0.3 is 0 Å². The molecule has 3 N–H and O–H groups in total. The van der Waals surface area contributed by atoms with E-state index in [4.69, 9.17) is 0 Å². The lowest BCUT2D eigenvalue weighted by molar-refractivity contribution is -0.125. The van der Waals surface area contributed by atoms with Gasteiger partial charge in [-0.1, -0.05) is 6.07 Å². The number of amides is 1. The second-order valence-corrected chi connectivity index (χ2v) is 5.32. The summed E-state index contributed by atoms with van der Waals surface area (Å²) in [5.74, 6) is -1.74. The van der Waals surface area contributed by atoms with Crippen molar-refractivity contribution < 1.29 is 19.5 Å². The van der Waals surface area contributed by atoms with Gasteiger partial charge in [-0.05, 0) is 19.1 Å². The molecule has 0 spiro atoms. The van der Waals surface area contributed by atoms with E-state index in [1.54, 1.807) is 26.2 Å². The van der Waals surface area contributed by atoms with Crippen molar-refractivity contribution in [2.45, 2.75) is 6.92 Å². The molecule has 23 heavy (non-hydrogen) atoms. The van der Waals surface area contributed by atoms with Gasteiger partial charge in [0.25, 0.3) is 5.91 Å². The van der Waals surface area contributed by atoms with Crippen molar-refractivity contribution in [3.8, 4) is 5.75 Å².